The van der Waals surface area contributed by atoms with Gasteiger partial charge in [-0.1, -0.05) is 12.1 Å². The van der Waals surface area contributed by atoms with Crippen LogP contribution < -0.4 is 10.1 Å². The predicted molar refractivity (Wildman–Crippen MR) is 122 cm³/mol. The third-order valence-corrected chi connectivity index (χ3v) is 6.43. The van der Waals surface area contributed by atoms with Crippen molar-refractivity contribution in [2.24, 2.45) is 5.92 Å². The van der Waals surface area contributed by atoms with Gasteiger partial charge >= 0.3 is 0 Å². The predicted octanol–water partition coefficient (Wildman–Crippen LogP) is 5.00. The van der Waals surface area contributed by atoms with E-state index in [4.69, 9.17) is 4.74 Å². The average molecular weight is 427 g/mol. The van der Waals surface area contributed by atoms with E-state index >= 15 is 0 Å². The van der Waals surface area contributed by atoms with E-state index in [0.717, 1.165) is 59.8 Å². The Kier molecular flexibility index (Phi) is 7.80. The Morgan fingerprint density at radius 2 is 2.03 bits per heavy atom. The van der Waals surface area contributed by atoms with Crippen LogP contribution in [0.25, 0.3) is 0 Å². The summed E-state index contributed by atoms with van der Waals surface area (Å²) >= 11 is 1.60. The molecule has 2 aromatic rings. The normalized spacial score (nSPS) is 16.2. The third-order valence-electron chi connectivity index (χ3n) is 5.63. The number of benzene rings is 2. The first-order chi connectivity index (χ1) is 14.5. The smallest absolute Gasteiger partial charge is 0.254 e. The molecule has 30 heavy (non-hydrogen) atoms. The van der Waals surface area contributed by atoms with Crippen molar-refractivity contribution < 1.29 is 14.3 Å². The molecule has 1 N–H and O–H groups in total. The number of methoxy groups -OCH3 is 1. The maximum Gasteiger partial charge on any atom is 0.254 e. The van der Waals surface area contributed by atoms with Gasteiger partial charge in [-0.2, -0.15) is 0 Å². The number of piperidine rings is 1. The van der Waals surface area contributed by atoms with Gasteiger partial charge in [-0.05, 0) is 74.3 Å². The lowest BCUT2D eigenvalue weighted by atomic mass is 9.92. The lowest BCUT2D eigenvalue weighted by molar-refractivity contribution is -0.116. The van der Waals surface area contributed by atoms with Crippen LogP contribution in [0, 0.1) is 12.8 Å². The minimum absolute atomic E-state index is 0.0134. The number of carbonyl (C=O) groups excluding carboxylic acids is 2. The summed E-state index contributed by atoms with van der Waals surface area (Å²) in [6.07, 6.45) is 5.28. The maximum atomic E-state index is 13.0. The van der Waals surface area contributed by atoms with Crippen molar-refractivity contribution in [2.75, 3.05) is 31.8 Å². The van der Waals surface area contributed by atoms with Crippen LogP contribution in [0.5, 0.6) is 5.75 Å². The Balaban J connectivity index is 1.53. The minimum atomic E-state index is 0.0134. The number of aryl methyl sites for hydroxylation is 1. The minimum Gasteiger partial charge on any atom is -0.497 e. The number of amides is 2. The van der Waals surface area contributed by atoms with Crippen LogP contribution in [0.2, 0.25) is 0 Å². The number of rotatable bonds is 7. The number of carbonyl (C=O) groups is 2. The molecule has 3 rings (SSSR count). The summed E-state index contributed by atoms with van der Waals surface area (Å²) in [6, 6.07) is 13.4. The van der Waals surface area contributed by atoms with E-state index in [1.165, 1.54) is 0 Å². The van der Waals surface area contributed by atoms with Crippen LogP contribution in [0.1, 0.15) is 41.6 Å². The molecule has 1 fully saturated rings. The van der Waals surface area contributed by atoms with E-state index in [1.54, 1.807) is 18.9 Å². The maximum absolute atomic E-state index is 13.0. The summed E-state index contributed by atoms with van der Waals surface area (Å²) in [6.45, 7) is 3.46. The molecule has 0 aliphatic carbocycles. The van der Waals surface area contributed by atoms with Crippen molar-refractivity contribution in [3.8, 4) is 5.75 Å². The zero-order chi connectivity index (χ0) is 21.5. The van der Waals surface area contributed by atoms with E-state index < -0.39 is 0 Å². The first kappa shape index (κ1) is 22.2. The fourth-order valence-electron chi connectivity index (χ4n) is 3.93. The second-order valence-corrected chi connectivity index (χ2v) is 8.58. The van der Waals surface area contributed by atoms with E-state index in [1.807, 2.05) is 60.5 Å². The van der Waals surface area contributed by atoms with Crippen LogP contribution in [-0.4, -0.2) is 43.2 Å². The van der Waals surface area contributed by atoms with Gasteiger partial charge in [0.05, 0.1) is 12.7 Å². The van der Waals surface area contributed by atoms with Gasteiger partial charge in [0.25, 0.3) is 5.91 Å². The van der Waals surface area contributed by atoms with Gasteiger partial charge in [0, 0.05) is 30.1 Å². The lowest BCUT2D eigenvalue weighted by Crippen LogP contribution is -2.40. The second kappa shape index (κ2) is 10.5. The number of anilines is 1. The number of hydrogen-bond donors (Lipinski definition) is 1. The van der Waals surface area contributed by atoms with Gasteiger partial charge in [0.2, 0.25) is 5.91 Å². The standard InChI is InChI=1S/C24H30N2O3S/c1-17-15-19(29-2)11-12-21(17)25-23(27)13-10-18-7-6-14-26(16-18)24(28)20-8-4-5-9-22(20)30-3/h4-5,8-9,11-12,15,18H,6-7,10,13-14,16H2,1-3H3,(H,25,27). The van der Waals surface area contributed by atoms with Crippen molar-refractivity contribution >= 4 is 29.3 Å². The molecule has 1 unspecified atom stereocenters. The van der Waals surface area contributed by atoms with E-state index in [2.05, 4.69) is 5.32 Å². The molecule has 1 saturated heterocycles. The monoisotopic (exact) mass is 426 g/mol. The Hall–Kier alpha value is -2.47. The molecule has 1 heterocycles. The van der Waals surface area contributed by atoms with Gasteiger partial charge in [-0.3, -0.25) is 9.59 Å². The fraction of sp³-hybridized carbons (Fsp3) is 0.417. The van der Waals surface area contributed by atoms with Crippen molar-refractivity contribution in [1.82, 2.24) is 4.90 Å². The summed E-state index contributed by atoms with van der Waals surface area (Å²) in [5.41, 5.74) is 2.57. The Morgan fingerprint density at radius 1 is 1.23 bits per heavy atom. The molecule has 6 heteroatoms. The highest BCUT2D eigenvalue weighted by molar-refractivity contribution is 7.98. The Labute approximate surface area is 183 Å². The van der Waals surface area contributed by atoms with E-state index in [-0.39, 0.29) is 11.8 Å². The molecule has 0 saturated carbocycles. The van der Waals surface area contributed by atoms with Gasteiger partial charge < -0.3 is 15.0 Å². The molecular weight excluding hydrogens is 396 g/mol. The fourth-order valence-corrected chi connectivity index (χ4v) is 4.52. The highest BCUT2D eigenvalue weighted by atomic mass is 32.2. The van der Waals surface area contributed by atoms with E-state index in [9.17, 15) is 9.59 Å². The molecule has 2 amide bonds. The van der Waals surface area contributed by atoms with E-state index in [0.29, 0.717) is 12.3 Å². The lowest BCUT2D eigenvalue weighted by Gasteiger charge is -2.33. The van der Waals surface area contributed by atoms with Gasteiger partial charge in [0.15, 0.2) is 0 Å². The molecular formula is C24H30N2O3S. The van der Waals surface area contributed by atoms with Gasteiger partial charge in [-0.25, -0.2) is 0 Å². The summed E-state index contributed by atoms with van der Waals surface area (Å²) in [5, 5.41) is 3.00. The number of nitrogens with zero attached hydrogens (tertiary/aromatic N) is 1. The molecule has 0 aromatic heterocycles. The zero-order valence-corrected chi connectivity index (χ0v) is 18.8. The zero-order valence-electron chi connectivity index (χ0n) is 17.9. The number of thioether (sulfide) groups is 1. The van der Waals surface area contributed by atoms with Crippen molar-refractivity contribution in [3.63, 3.8) is 0 Å². The molecule has 1 aliphatic heterocycles. The molecule has 0 radical (unpaired) electrons. The molecule has 0 spiro atoms. The van der Waals surface area contributed by atoms with Crippen LogP contribution >= 0.6 is 11.8 Å². The van der Waals surface area contributed by atoms with Gasteiger partial charge in [0.1, 0.15) is 5.75 Å². The summed E-state index contributed by atoms with van der Waals surface area (Å²) in [5.74, 6) is 1.25. The summed E-state index contributed by atoms with van der Waals surface area (Å²) in [4.78, 5) is 28.4. The first-order valence-corrected chi connectivity index (χ1v) is 11.6. The first-order valence-electron chi connectivity index (χ1n) is 10.4. The van der Waals surface area contributed by atoms with Crippen LogP contribution in [0.4, 0.5) is 5.69 Å². The highest BCUT2D eigenvalue weighted by Gasteiger charge is 2.26. The molecule has 160 valence electrons. The molecule has 0 bridgehead atoms. The Morgan fingerprint density at radius 3 is 2.77 bits per heavy atom. The Bertz CT molecular complexity index is 900. The van der Waals surface area contributed by atoms with Crippen LogP contribution in [0.15, 0.2) is 47.4 Å². The van der Waals surface area contributed by atoms with Crippen molar-refractivity contribution in [3.05, 3.63) is 53.6 Å². The highest BCUT2D eigenvalue weighted by Crippen LogP contribution is 2.27. The second-order valence-electron chi connectivity index (χ2n) is 7.73. The van der Waals surface area contributed by atoms with Crippen molar-refractivity contribution in [2.45, 2.75) is 37.5 Å². The number of likely N-dealkylation sites (tertiary alicyclic amines) is 1. The topological polar surface area (TPSA) is 58.6 Å². The van der Waals surface area contributed by atoms with Gasteiger partial charge in [-0.15, -0.1) is 11.8 Å². The summed E-state index contributed by atoms with van der Waals surface area (Å²) < 4.78 is 5.21. The molecule has 5 nitrogen and oxygen atoms in total. The number of nitrogens with one attached hydrogen (secondary N) is 1. The molecule has 1 aliphatic rings. The summed E-state index contributed by atoms with van der Waals surface area (Å²) in [7, 11) is 1.63. The molecule has 2 aromatic carbocycles. The molecule has 1 atom stereocenters. The largest absolute Gasteiger partial charge is 0.497 e. The van der Waals surface area contributed by atoms with Crippen molar-refractivity contribution in [1.29, 1.82) is 0 Å². The average Bonchev–Trinajstić information content (AvgIpc) is 2.78. The number of ether oxygens (including phenoxy) is 1. The quantitative estimate of drug-likeness (QED) is 0.633. The van der Waals surface area contributed by atoms with Crippen LogP contribution in [-0.2, 0) is 4.79 Å². The van der Waals surface area contributed by atoms with Crippen LogP contribution in [0.3, 0.4) is 0 Å². The number of hydrogen-bond acceptors (Lipinski definition) is 4. The third kappa shape index (κ3) is 5.57. The SMILES string of the molecule is COc1ccc(NC(=O)CCC2CCCN(C(=O)c3ccccc3SC)C2)c(C)c1.